The Bertz CT molecular complexity index is 335. The van der Waals surface area contributed by atoms with Gasteiger partial charge in [-0.15, -0.1) is 0 Å². The summed E-state index contributed by atoms with van der Waals surface area (Å²) >= 11 is 0. The van der Waals surface area contributed by atoms with Crippen LogP contribution >= 0.6 is 0 Å². The fraction of sp³-hybridized carbons (Fsp3) is 0.867. The molecular weight excluding hydrogens is 244 g/mol. The van der Waals surface area contributed by atoms with Crippen molar-refractivity contribution in [3.8, 4) is 0 Å². The summed E-state index contributed by atoms with van der Waals surface area (Å²) in [5, 5.41) is 0. The van der Waals surface area contributed by atoms with Crippen molar-refractivity contribution in [2.24, 2.45) is 17.8 Å². The Morgan fingerprint density at radius 3 is 2.58 bits per heavy atom. The number of carbonyl (C=O) groups excluding carboxylic acids is 2. The van der Waals surface area contributed by atoms with E-state index in [4.69, 9.17) is 9.47 Å². The molecule has 0 aromatic heterocycles. The second-order valence-corrected chi connectivity index (χ2v) is 6.12. The molecule has 3 atom stereocenters. The lowest BCUT2D eigenvalue weighted by Crippen LogP contribution is -2.29. The zero-order chi connectivity index (χ0) is 13.8. The predicted octanol–water partition coefficient (Wildman–Crippen LogP) is 2.70. The molecule has 3 unspecified atom stereocenters. The summed E-state index contributed by atoms with van der Waals surface area (Å²) in [5.41, 5.74) is 0. The molecule has 0 amide bonds. The fourth-order valence-corrected chi connectivity index (χ4v) is 2.79. The SMILES string of the molecule is CC1CCCC(C(C)C(=O)OCC(=O)OC2CC2)C1. The summed E-state index contributed by atoms with van der Waals surface area (Å²) in [5.74, 6) is 0.299. The number of rotatable bonds is 5. The Morgan fingerprint density at radius 2 is 1.95 bits per heavy atom. The molecule has 0 heterocycles. The lowest BCUT2D eigenvalue weighted by atomic mass is 9.76. The number of ether oxygens (including phenoxy) is 2. The smallest absolute Gasteiger partial charge is 0.344 e. The maximum absolute atomic E-state index is 11.9. The molecule has 0 saturated heterocycles. The van der Waals surface area contributed by atoms with Crippen molar-refractivity contribution < 1.29 is 19.1 Å². The summed E-state index contributed by atoms with van der Waals surface area (Å²) in [6.07, 6.45) is 6.57. The number of carbonyl (C=O) groups is 2. The number of hydrogen-bond donors (Lipinski definition) is 0. The normalized spacial score (nSPS) is 28.5. The van der Waals surface area contributed by atoms with Gasteiger partial charge in [-0.1, -0.05) is 26.7 Å². The van der Waals surface area contributed by atoms with Gasteiger partial charge in [0.05, 0.1) is 5.92 Å². The first-order valence-electron chi connectivity index (χ1n) is 7.42. The van der Waals surface area contributed by atoms with Crippen LogP contribution in [0.1, 0.15) is 52.4 Å². The maximum Gasteiger partial charge on any atom is 0.344 e. The fourth-order valence-electron chi connectivity index (χ4n) is 2.79. The van der Waals surface area contributed by atoms with Crippen LogP contribution in [0, 0.1) is 17.8 Å². The Labute approximate surface area is 114 Å². The van der Waals surface area contributed by atoms with Gasteiger partial charge in [-0.3, -0.25) is 4.79 Å². The Hall–Kier alpha value is -1.06. The molecule has 108 valence electrons. The van der Waals surface area contributed by atoms with Gasteiger partial charge in [0, 0.05) is 0 Å². The van der Waals surface area contributed by atoms with Crippen LogP contribution in [0.2, 0.25) is 0 Å². The molecule has 19 heavy (non-hydrogen) atoms. The molecule has 0 aliphatic heterocycles. The van der Waals surface area contributed by atoms with E-state index in [0.29, 0.717) is 11.8 Å². The van der Waals surface area contributed by atoms with Gasteiger partial charge in [0.1, 0.15) is 6.10 Å². The first kappa shape index (κ1) is 14.4. The largest absolute Gasteiger partial charge is 0.460 e. The molecule has 4 heteroatoms. The summed E-state index contributed by atoms with van der Waals surface area (Å²) in [4.78, 5) is 23.3. The standard InChI is InChI=1S/C15H24O4/c1-10-4-3-5-12(8-10)11(2)15(17)18-9-14(16)19-13-6-7-13/h10-13H,3-9H2,1-2H3. The molecule has 0 radical (unpaired) electrons. The molecule has 2 aliphatic rings. The van der Waals surface area contributed by atoms with Gasteiger partial charge in [0.2, 0.25) is 0 Å². The van der Waals surface area contributed by atoms with Crippen LogP contribution < -0.4 is 0 Å². The quantitative estimate of drug-likeness (QED) is 0.719. The van der Waals surface area contributed by atoms with Crippen LogP contribution in [-0.2, 0) is 19.1 Å². The molecule has 2 fully saturated rings. The number of hydrogen-bond acceptors (Lipinski definition) is 4. The number of esters is 2. The van der Waals surface area contributed by atoms with Crippen LogP contribution in [0.25, 0.3) is 0 Å². The minimum absolute atomic E-state index is 0.0721. The zero-order valence-electron chi connectivity index (χ0n) is 11.9. The van der Waals surface area contributed by atoms with E-state index in [1.807, 2.05) is 6.92 Å². The molecule has 0 aromatic rings. The first-order chi connectivity index (χ1) is 9.06. The van der Waals surface area contributed by atoms with E-state index in [1.165, 1.54) is 12.8 Å². The minimum Gasteiger partial charge on any atom is -0.460 e. The van der Waals surface area contributed by atoms with E-state index in [0.717, 1.165) is 25.7 Å². The molecule has 2 rings (SSSR count). The topological polar surface area (TPSA) is 52.6 Å². The van der Waals surface area contributed by atoms with E-state index in [2.05, 4.69) is 6.92 Å². The van der Waals surface area contributed by atoms with Crippen molar-refractivity contribution in [2.45, 2.75) is 58.5 Å². The molecule has 0 N–H and O–H groups in total. The second kappa shape index (κ2) is 6.40. The minimum atomic E-state index is -0.417. The highest BCUT2D eigenvalue weighted by Crippen LogP contribution is 2.34. The van der Waals surface area contributed by atoms with Gasteiger partial charge in [0.15, 0.2) is 6.61 Å². The van der Waals surface area contributed by atoms with Crippen molar-refractivity contribution in [2.75, 3.05) is 6.61 Å². The van der Waals surface area contributed by atoms with Gasteiger partial charge in [-0.2, -0.15) is 0 Å². The van der Waals surface area contributed by atoms with Crippen LogP contribution in [0.5, 0.6) is 0 Å². The van der Waals surface area contributed by atoms with Crippen LogP contribution in [0.4, 0.5) is 0 Å². The third-order valence-corrected chi connectivity index (χ3v) is 4.21. The molecule has 2 aliphatic carbocycles. The van der Waals surface area contributed by atoms with Crippen molar-refractivity contribution in [3.05, 3.63) is 0 Å². The van der Waals surface area contributed by atoms with Crippen LogP contribution in [0.15, 0.2) is 0 Å². The predicted molar refractivity (Wildman–Crippen MR) is 70.4 cm³/mol. The highest BCUT2D eigenvalue weighted by molar-refractivity contribution is 5.77. The van der Waals surface area contributed by atoms with E-state index < -0.39 is 5.97 Å². The van der Waals surface area contributed by atoms with Crippen molar-refractivity contribution >= 4 is 11.9 Å². The summed E-state index contributed by atoms with van der Waals surface area (Å²) in [7, 11) is 0. The molecule has 4 nitrogen and oxygen atoms in total. The summed E-state index contributed by atoms with van der Waals surface area (Å²) < 4.78 is 10.1. The Morgan fingerprint density at radius 1 is 1.21 bits per heavy atom. The Balaban J connectivity index is 1.70. The lowest BCUT2D eigenvalue weighted by Gasteiger charge is -2.30. The average molecular weight is 268 g/mol. The summed E-state index contributed by atoms with van der Waals surface area (Å²) in [6.45, 7) is 3.91. The first-order valence-corrected chi connectivity index (χ1v) is 7.42. The second-order valence-electron chi connectivity index (χ2n) is 6.12. The van der Waals surface area contributed by atoms with Crippen molar-refractivity contribution in [1.82, 2.24) is 0 Å². The van der Waals surface area contributed by atoms with E-state index in [1.54, 1.807) is 0 Å². The van der Waals surface area contributed by atoms with E-state index in [-0.39, 0.29) is 24.6 Å². The molecule has 2 saturated carbocycles. The van der Waals surface area contributed by atoms with E-state index in [9.17, 15) is 9.59 Å². The lowest BCUT2D eigenvalue weighted by molar-refractivity contribution is -0.163. The maximum atomic E-state index is 11.9. The van der Waals surface area contributed by atoms with Crippen molar-refractivity contribution in [1.29, 1.82) is 0 Å². The average Bonchev–Trinajstić information content (AvgIpc) is 3.19. The van der Waals surface area contributed by atoms with E-state index >= 15 is 0 Å². The monoisotopic (exact) mass is 268 g/mol. The van der Waals surface area contributed by atoms with Gasteiger partial charge < -0.3 is 9.47 Å². The highest BCUT2D eigenvalue weighted by Gasteiger charge is 2.30. The molecule has 0 aromatic carbocycles. The van der Waals surface area contributed by atoms with Crippen molar-refractivity contribution in [3.63, 3.8) is 0 Å². The highest BCUT2D eigenvalue weighted by atomic mass is 16.6. The van der Waals surface area contributed by atoms with Gasteiger partial charge in [0.25, 0.3) is 0 Å². The summed E-state index contributed by atoms with van der Waals surface area (Å²) in [6, 6.07) is 0. The molecule has 0 bridgehead atoms. The van der Waals surface area contributed by atoms with Gasteiger partial charge in [-0.05, 0) is 37.5 Å². The molecular formula is C15H24O4. The zero-order valence-corrected chi connectivity index (χ0v) is 11.9. The van der Waals surface area contributed by atoms with Crippen LogP contribution in [-0.4, -0.2) is 24.6 Å². The Kier molecular flexibility index (Phi) is 4.83. The third kappa shape index (κ3) is 4.51. The third-order valence-electron chi connectivity index (χ3n) is 4.21. The molecule has 0 spiro atoms. The van der Waals surface area contributed by atoms with Gasteiger partial charge in [-0.25, -0.2) is 4.79 Å². The van der Waals surface area contributed by atoms with Crippen LogP contribution in [0.3, 0.4) is 0 Å². The van der Waals surface area contributed by atoms with Gasteiger partial charge >= 0.3 is 11.9 Å².